The second-order valence-electron chi connectivity index (χ2n) is 7.31. The summed E-state index contributed by atoms with van der Waals surface area (Å²) >= 11 is 12.3. The van der Waals surface area contributed by atoms with Crippen LogP contribution >= 0.6 is 23.2 Å². The Bertz CT molecular complexity index is 902. The highest BCUT2D eigenvalue weighted by atomic mass is 35.5. The molecule has 3 aromatic rings. The molecule has 1 N–H and O–H groups in total. The van der Waals surface area contributed by atoms with Crippen LogP contribution < -0.4 is 5.32 Å². The number of likely N-dealkylation sites (tertiary alicyclic amines) is 1. The van der Waals surface area contributed by atoms with E-state index in [4.69, 9.17) is 27.6 Å². The van der Waals surface area contributed by atoms with E-state index in [0.717, 1.165) is 56.1 Å². The Morgan fingerprint density at radius 2 is 1.75 bits per heavy atom. The van der Waals surface area contributed by atoms with E-state index in [9.17, 15) is 0 Å². The number of hydrogen-bond donors (Lipinski definition) is 1. The third-order valence-electron chi connectivity index (χ3n) is 5.26. The van der Waals surface area contributed by atoms with Gasteiger partial charge in [-0.3, -0.25) is 4.90 Å². The molecule has 0 bridgehead atoms. The molecule has 1 aliphatic rings. The summed E-state index contributed by atoms with van der Waals surface area (Å²) in [7, 11) is 0. The van der Waals surface area contributed by atoms with Gasteiger partial charge in [-0.25, -0.2) is 0 Å². The van der Waals surface area contributed by atoms with Crippen molar-refractivity contribution < 1.29 is 4.42 Å². The zero-order valence-electron chi connectivity index (χ0n) is 15.7. The van der Waals surface area contributed by atoms with Crippen LogP contribution in [0.3, 0.4) is 0 Å². The van der Waals surface area contributed by atoms with Crippen molar-refractivity contribution in [3.63, 3.8) is 0 Å². The number of nitrogens with zero attached hydrogens (tertiary/aromatic N) is 1. The molecule has 3 nitrogen and oxygen atoms in total. The molecule has 5 heteroatoms. The quantitative estimate of drug-likeness (QED) is 0.535. The van der Waals surface area contributed by atoms with E-state index >= 15 is 0 Å². The molecule has 0 amide bonds. The van der Waals surface area contributed by atoms with Crippen molar-refractivity contribution in [2.75, 3.05) is 13.1 Å². The Hall–Kier alpha value is -1.78. The number of benzene rings is 2. The van der Waals surface area contributed by atoms with Gasteiger partial charge in [0.05, 0.1) is 11.6 Å². The summed E-state index contributed by atoms with van der Waals surface area (Å²) in [6.45, 7) is 4.01. The average Bonchev–Trinajstić information content (AvgIpc) is 3.17. The van der Waals surface area contributed by atoms with E-state index in [1.807, 2.05) is 24.3 Å². The van der Waals surface area contributed by atoms with Crippen molar-refractivity contribution in [1.29, 1.82) is 0 Å². The van der Waals surface area contributed by atoms with Gasteiger partial charge in [0.15, 0.2) is 0 Å². The minimum absolute atomic E-state index is 0.527. The number of rotatable bonds is 6. The molecule has 0 unspecified atom stereocenters. The van der Waals surface area contributed by atoms with E-state index in [-0.39, 0.29) is 0 Å². The van der Waals surface area contributed by atoms with Crippen LogP contribution in [0.4, 0.5) is 0 Å². The van der Waals surface area contributed by atoms with Crippen LogP contribution in [0.25, 0.3) is 11.3 Å². The topological polar surface area (TPSA) is 28.4 Å². The molecule has 1 saturated heterocycles. The van der Waals surface area contributed by atoms with Crippen molar-refractivity contribution >= 4 is 23.2 Å². The highest BCUT2D eigenvalue weighted by molar-refractivity contribution is 6.36. The first-order valence-corrected chi connectivity index (χ1v) is 10.5. The normalized spacial score (nSPS) is 15.8. The summed E-state index contributed by atoms with van der Waals surface area (Å²) < 4.78 is 5.98. The number of nitrogens with one attached hydrogen (secondary N) is 1. The summed E-state index contributed by atoms with van der Waals surface area (Å²) in [6.07, 6.45) is 2.31. The van der Waals surface area contributed by atoms with Gasteiger partial charge < -0.3 is 9.73 Å². The van der Waals surface area contributed by atoms with Gasteiger partial charge in [-0.2, -0.15) is 0 Å². The molecule has 0 aliphatic carbocycles. The highest BCUT2D eigenvalue weighted by Gasteiger charge is 2.19. The van der Waals surface area contributed by atoms with E-state index in [1.165, 1.54) is 5.56 Å². The maximum atomic E-state index is 6.28. The van der Waals surface area contributed by atoms with Crippen LogP contribution in [0.1, 0.15) is 24.2 Å². The van der Waals surface area contributed by atoms with Crippen molar-refractivity contribution in [1.82, 2.24) is 10.2 Å². The molecule has 4 rings (SSSR count). The van der Waals surface area contributed by atoms with Gasteiger partial charge in [-0.15, -0.1) is 0 Å². The summed E-state index contributed by atoms with van der Waals surface area (Å²) in [5.41, 5.74) is 2.25. The second kappa shape index (κ2) is 9.15. The van der Waals surface area contributed by atoms with Crippen molar-refractivity contribution in [3.8, 4) is 11.3 Å². The maximum Gasteiger partial charge on any atom is 0.135 e. The van der Waals surface area contributed by atoms with E-state index in [1.54, 1.807) is 6.07 Å². The molecule has 1 fully saturated rings. The monoisotopic (exact) mass is 414 g/mol. The predicted octanol–water partition coefficient (Wildman–Crippen LogP) is 6.01. The molecule has 1 aliphatic heterocycles. The third kappa shape index (κ3) is 4.98. The van der Waals surface area contributed by atoms with E-state index in [0.29, 0.717) is 16.1 Å². The number of hydrogen-bond acceptors (Lipinski definition) is 3. The highest BCUT2D eigenvalue weighted by Crippen LogP contribution is 2.31. The molecule has 2 heterocycles. The van der Waals surface area contributed by atoms with Gasteiger partial charge >= 0.3 is 0 Å². The number of furan rings is 1. The predicted molar refractivity (Wildman–Crippen MR) is 116 cm³/mol. The second-order valence-corrected chi connectivity index (χ2v) is 8.15. The molecule has 0 saturated carbocycles. The lowest BCUT2D eigenvalue weighted by Crippen LogP contribution is -2.41. The largest absolute Gasteiger partial charge is 0.460 e. The SMILES string of the molecule is Clc1ccc(-c2ccc(CNC3CCN(Cc4ccccc4)CC3)o2)c(Cl)c1. The lowest BCUT2D eigenvalue weighted by molar-refractivity contribution is 0.189. The van der Waals surface area contributed by atoms with E-state index < -0.39 is 0 Å². The molecule has 28 heavy (non-hydrogen) atoms. The van der Waals surface area contributed by atoms with Crippen LogP contribution in [0.15, 0.2) is 65.1 Å². The zero-order chi connectivity index (χ0) is 19.3. The van der Waals surface area contributed by atoms with E-state index in [2.05, 4.69) is 40.5 Å². The Labute approximate surface area is 176 Å². The smallest absolute Gasteiger partial charge is 0.135 e. The first kappa shape index (κ1) is 19.5. The number of piperidine rings is 1. The van der Waals surface area contributed by atoms with Crippen LogP contribution in [-0.2, 0) is 13.1 Å². The molecule has 1 aromatic heterocycles. The van der Waals surface area contributed by atoms with Gasteiger partial charge in [0, 0.05) is 23.2 Å². The van der Waals surface area contributed by atoms with Crippen molar-refractivity contribution in [3.05, 3.63) is 82.0 Å². The van der Waals surface area contributed by atoms with Crippen LogP contribution in [0.2, 0.25) is 10.0 Å². The standard InChI is InChI=1S/C23H24Cl2N2O/c24-18-6-8-21(22(25)14-18)23-9-7-20(28-23)15-26-19-10-12-27(13-11-19)16-17-4-2-1-3-5-17/h1-9,14,19,26H,10-13,15-16H2. The van der Waals surface area contributed by atoms with Gasteiger partial charge in [0.2, 0.25) is 0 Å². The fourth-order valence-electron chi connectivity index (χ4n) is 3.69. The van der Waals surface area contributed by atoms with Crippen LogP contribution in [-0.4, -0.2) is 24.0 Å². The lowest BCUT2D eigenvalue weighted by atomic mass is 10.0. The Morgan fingerprint density at radius 1 is 0.964 bits per heavy atom. The lowest BCUT2D eigenvalue weighted by Gasteiger charge is -2.32. The fourth-order valence-corrected chi connectivity index (χ4v) is 4.19. The van der Waals surface area contributed by atoms with Crippen LogP contribution in [0.5, 0.6) is 0 Å². The Balaban J connectivity index is 1.26. The summed E-state index contributed by atoms with van der Waals surface area (Å²) in [5.74, 6) is 1.70. The molecular weight excluding hydrogens is 391 g/mol. The first-order valence-electron chi connectivity index (χ1n) is 9.71. The summed E-state index contributed by atoms with van der Waals surface area (Å²) in [6, 6.07) is 20.7. The summed E-state index contributed by atoms with van der Waals surface area (Å²) in [5, 5.41) is 4.87. The minimum atomic E-state index is 0.527. The van der Waals surface area contributed by atoms with Gasteiger partial charge in [0.1, 0.15) is 11.5 Å². The molecule has 0 radical (unpaired) electrons. The zero-order valence-corrected chi connectivity index (χ0v) is 17.2. The molecule has 2 aromatic carbocycles. The fraction of sp³-hybridized carbons (Fsp3) is 0.304. The summed E-state index contributed by atoms with van der Waals surface area (Å²) in [4.78, 5) is 2.53. The van der Waals surface area contributed by atoms with Gasteiger partial charge in [0.25, 0.3) is 0 Å². The third-order valence-corrected chi connectivity index (χ3v) is 5.81. The van der Waals surface area contributed by atoms with Gasteiger partial charge in [-0.05, 0) is 61.8 Å². The molecular formula is C23H24Cl2N2O. The first-order chi connectivity index (χ1) is 13.7. The molecule has 146 valence electrons. The number of halogens is 2. The van der Waals surface area contributed by atoms with Crippen molar-refractivity contribution in [2.45, 2.75) is 32.0 Å². The maximum absolute atomic E-state index is 6.28. The van der Waals surface area contributed by atoms with Crippen LogP contribution in [0, 0.1) is 0 Å². The molecule has 0 atom stereocenters. The minimum Gasteiger partial charge on any atom is -0.460 e. The van der Waals surface area contributed by atoms with Gasteiger partial charge in [-0.1, -0.05) is 53.5 Å². The Kier molecular flexibility index (Phi) is 6.38. The molecule has 0 spiro atoms. The van der Waals surface area contributed by atoms with Crippen molar-refractivity contribution in [2.24, 2.45) is 0 Å². The Morgan fingerprint density at radius 3 is 2.50 bits per heavy atom. The average molecular weight is 415 g/mol.